The standard InChI is InChI=1S/C20H20N4O3S/c25-17-10-11-18(26)24(23-17)14-7-5-6-13(12-14)19(27)22-20-21-15-8-3-1-2-4-9-16(15)28-20/h5-7,10-12H,1-4,8-9H2,(H,23,25)(H,21,22,27). The number of rotatable bonds is 3. The molecule has 8 heteroatoms. The molecule has 0 atom stereocenters. The maximum absolute atomic E-state index is 12.7. The Morgan fingerprint density at radius 2 is 1.89 bits per heavy atom. The Bertz CT molecular complexity index is 1100. The lowest BCUT2D eigenvalue weighted by Gasteiger charge is -2.07. The molecule has 1 aliphatic carbocycles. The quantitative estimate of drug-likeness (QED) is 0.711. The second-order valence-corrected chi connectivity index (χ2v) is 7.87. The highest BCUT2D eigenvalue weighted by atomic mass is 32.1. The number of hydrogen-bond donors (Lipinski definition) is 2. The Labute approximate surface area is 165 Å². The van der Waals surface area contributed by atoms with Crippen LogP contribution < -0.4 is 16.4 Å². The minimum Gasteiger partial charge on any atom is -0.298 e. The van der Waals surface area contributed by atoms with E-state index in [2.05, 4.69) is 15.4 Å². The lowest BCUT2D eigenvalue weighted by molar-refractivity contribution is 0.102. The Morgan fingerprint density at radius 3 is 2.75 bits per heavy atom. The average molecular weight is 396 g/mol. The zero-order valence-corrected chi connectivity index (χ0v) is 16.1. The highest BCUT2D eigenvalue weighted by Gasteiger charge is 2.16. The number of amides is 1. The molecule has 1 amide bonds. The molecular formula is C20H20N4O3S. The molecular weight excluding hydrogens is 376 g/mol. The van der Waals surface area contributed by atoms with Gasteiger partial charge in [-0.3, -0.25) is 24.8 Å². The topological polar surface area (TPSA) is 96.8 Å². The first-order valence-electron chi connectivity index (χ1n) is 9.33. The van der Waals surface area contributed by atoms with Gasteiger partial charge >= 0.3 is 0 Å². The first kappa shape index (κ1) is 18.4. The third kappa shape index (κ3) is 3.96. The summed E-state index contributed by atoms with van der Waals surface area (Å²) in [5.74, 6) is -0.296. The van der Waals surface area contributed by atoms with Gasteiger partial charge < -0.3 is 0 Å². The normalized spacial score (nSPS) is 14.0. The number of aromatic amines is 1. The van der Waals surface area contributed by atoms with E-state index in [4.69, 9.17) is 0 Å². The van der Waals surface area contributed by atoms with Crippen molar-refractivity contribution in [1.82, 2.24) is 14.8 Å². The zero-order chi connectivity index (χ0) is 19.5. The molecule has 0 radical (unpaired) electrons. The molecule has 4 rings (SSSR count). The summed E-state index contributed by atoms with van der Waals surface area (Å²) >= 11 is 1.54. The second-order valence-electron chi connectivity index (χ2n) is 6.79. The van der Waals surface area contributed by atoms with Gasteiger partial charge in [0, 0.05) is 22.6 Å². The molecule has 0 unspecified atom stereocenters. The van der Waals surface area contributed by atoms with Crippen molar-refractivity contribution >= 4 is 22.4 Å². The predicted molar refractivity (Wildman–Crippen MR) is 109 cm³/mol. The van der Waals surface area contributed by atoms with Crippen molar-refractivity contribution in [2.75, 3.05) is 5.32 Å². The van der Waals surface area contributed by atoms with E-state index in [9.17, 15) is 14.4 Å². The van der Waals surface area contributed by atoms with E-state index in [1.165, 1.54) is 29.9 Å². The maximum Gasteiger partial charge on any atom is 0.269 e. The molecule has 0 aliphatic heterocycles. The fourth-order valence-corrected chi connectivity index (χ4v) is 4.38. The first-order chi connectivity index (χ1) is 13.6. The van der Waals surface area contributed by atoms with Crippen LogP contribution in [0.1, 0.15) is 46.6 Å². The van der Waals surface area contributed by atoms with Gasteiger partial charge in [0.05, 0.1) is 11.4 Å². The number of thiazole rings is 1. The van der Waals surface area contributed by atoms with E-state index in [1.54, 1.807) is 35.6 Å². The van der Waals surface area contributed by atoms with E-state index in [0.29, 0.717) is 16.4 Å². The van der Waals surface area contributed by atoms with Crippen molar-refractivity contribution in [2.45, 2.75) is 38.5 Å². The van der Waals surface area contributed by atoms with Gasteiger partial charge in [-0.25, -0.2) is 9.67 Å². The zero-order valence-electron chi connectivity index (χ0n) is 15.2. The van der Waals surface area contributed by atoms with Crippen LogP contribution in [-0.4, -0.2) is 20.7 Å². The van der Waals surface area contributed by atoms with Crippen LogP contribution in [0.4, 0.5) is 5.13 Å². The molecule has 144 valence electrons. The van der Waals surface area contributed by atoms with E-state index >= 15 is 0 Å². The first-order valence-corrected chi connectivity index (χ1v) is 10.1. The lowest BCUT2D eigenvalue weighted by Crippen LogP contribution is -2.26. The number of carbonyl (C=O) groups excluding carboxylic acids is 1. The maximum atomic E-state index is 12.7. The van der Waals surface area contributed by atoms with Gasteiger partial charge in [-0.1, -0.05) is 18.9 Å². The Kier molecular flexibility index (Phi) is 5.21. The van der Waals surface area contributed by atoms with Crippen molar-refractivity contribution in [3.8, 4) is 5.69 Å². The van der Waals surface area contributed by atoms with Crippen LogP contribution in [-0.2, 0) is 12.8 Å². The number of aryl methyl sites for hydroxylation is 2. The number of aromatic nitrogens is 3. The van der Waals surface area contributed by atoms with Gasteiger partial charge in [0.1, 0.15) is 0 Å². The average Bonchev–Trinajstić information content (AvgIpc) is 3.04. The number of anilines is 1. The summed E-state index contributed by atoms with van der Waals surface area (Å²) in [5, 5.41) is 5.93. The van der Waals surface area contributed by atoms with Crippen LogP contribution in [0.15, 0.2) is 46.0 Å². The number of nitrogens with zero attached hydrogens (tertiary/aromatic N) is 2. The van der Waals surface area contributed by atoms with E-state index < -0.39 is 5.56 Å². The minimum absolute atomic E-state index is 0.296. The molecule has 0 bridgehead atoms. The monoisotopic (exact) mass is 396 g/mol. The molecule has 2 heterocycles. The van der Waals surface area contributed by atoms with Crippen molar-refractivity contribution in [3.63, 3.8) is 0 Å². The number of fused-ring (bicyclic) bond motifs is 1. The summed E-state index contributed by atoms with van der Waals surface area (Å²) in [7, 11) is 0. The highest BCUT2D eigenvalue weighted by molar-refractivity contribution is 7.15. The van der Waals surface area contributed by atoms with Crippen molar-refractivity contribution in [1.29, 1.82) is 0 Å². The number of H-pyrrole nitrogens is 1. The smallest absolute Gasteiger partial charge is 0.269 e. The van der Waals surface area contributed by atoms with Crippen LogP contribution in [0, 0.1) is 0 Å². The number of carbonyl (C=O) groups is 1. The molecule has 7 nitrogen and oxygen atoms in total. The van der Waals surface area contributed by atoms with Crippen molar-refractivity contribution < 1.29 is 4.79 Å². The van der Waals surface area contributed by atoms with Gasteiger partial charge in [0.15, 0.2) is 5.13 Å². The molecule has 1 aromatic carbocycles. The third-order valence-corrected chi connectivity index (χ3v) is 5.83. The fourth-order valence-electron chi connectivity index (χ4n) is 3.33. The predicted octanol–water partition coefficient (Wildman–Crippen LogP) is 2.89. The van der Waals surface area contributed by atoms with E-state index in [0.717, 1.165) is 36.1 Å². The largest absolute Gasteiger partial charge is 0.298 e. The number of nitrogens with one attached hydrogen (secondary N) is 2. The molecule has 2 N–H and O–H groups in total. The molecule has 28 heavy (non-hydrogen) atoms. The van der Waals surface area contributed by atoms with Crippen molar-refractivity contribution in [3.05, 3.63) is 73.2 Å². The molecule has 0 saturated heterocycles. The molecule has 1 aliphatic rings. The van der Waals surface area contributed by atoms with Crippen LogP contribution in [0.5, 0.6) is 0 Å². The minimum atomic E-state index is -0.394. The van der Waals surface area contributed by atoms with Gasteiger partial charge in [0.25, 0.3) is 17.0 Å². The lowest BCUT2D eigenvalue weighted by atomic mass is 10.0. The number of hydrogen-bond acceptors (Lipinski definition) is 5. The van der Waals surface area contributed by atoms with Gasteiger partial charge in [-0.2, -0.15) is 0 Å². The molecule has 0 fully saturated rings. The molecule has 3 aromatic rings. The van der Waals surface area contributed by atoms with Crippen LogP contribution in [0.3, 0.4) is 0 Å². The summed E-state index contributed by atoms with van der Waals surface area (Å²) in [6.45, 7) is 0. The van der Waals surface area contributed by atoms with E-state index in [-0.39, 0.29) is 11.5 Å². The van der Waals surface area contributed by atoms with Gasteiger partial charge in [0.2, 0.25) is 0 Å². The van der Waals surface area contributed by atoms with Gasteiger partial charge in [-0.05, 0) is 43.9 Å². The second kappa shape index (κ2) is 7.93. The van der Waals surface area contributed by atoms with Crippen LogP contribution >= 0.6 is 11.3 Å². The summed E-state index contributed by atoms with van der Waals surface area (Å²) in [6, 6.07) is 8.91. The Balaban J connectivity index is 1.57. The van der Waals surface area contributed by atoms with Gasteiger partial charge in [-0.15, -0.1) is 11.3 Å². The summed E-state index contributed by atoms with van der Waals surface area (Å²) in [5.41, 5.74) is 1.13. The summed E-state index contributed by atoms with van der Waals surface area (Å²) < 4.78 is 1.12. The summed E-state index contributed by atoms with van der Waals surface area (Å²) in [4.78, 5) is 42.1. The van der Waals surface area contributed by atoms with Crippen LogP contribution in [0.25, 0.3) is 5.69 Å². The Hall–Kier alpha value is -3.00. The Morgan fingerprint density at radius 1 is 1.07 bits per heavy atom. The van der Waals surface area contributed by atoms with Crippen LogP contribution in [0.2, 0.25) is 0 Å². The molecule has 0 saturated carbocycles. The fraction of sp³-hybridized carbons (Fsp3) is 0.300. The highest BCUT2D eigenvalue weighted by Crippen LogP contribution is 2.28. The number of benzene rings is 1. The molecule has 2 aromatic heterocycles. The summed E-state index contributed by atoms with van der Waals surface area (Å²) in [6.07, 6.45) is 6.74. The third-order valence-electron chi connectivity index (χ3n) is 4.75. The SMILES string of the molecule is O=C(Nc1nc2c(s1)CCCCCC2)c1cccc(-n2[nH]c(=O)ccc2=O)c1. The molecule has 0 spiro atoms. The van der Waals surface area contributed by atoms with E-state index in [1.807, 2.05) is 0 Å². The van der Waals surface area contributed by atoms with Crippen molar-refractivity contribution in [2.24, 2.45) is 0 Å².